The molecule has 5 nitrogen and oxygen atoms in total. The third-order valence-corrected chi connectivity index (χ3v) is 4.35. The molecule has 6 heteroatoms. The van der Waals surface area contributed by atoms with Crippen molar-refractivity contribution in [3.63, 3.8) is 0 Å². The van der Waals surface area contributed by atoms with E-state index in [0.717, 1.165) is 11.4 Å². The standard InChI is InChI=1S/C15H21N3O2S/c1-17(2)9-11-8-12(19)10-18(11)15(20)14-6-5-13(21-14)4-3-7-16/h5-6,11-12,19H,7-10,16H2,1-2H3. The highest BCUT2D eigenvalue weighted by Crippen LogP contribution is 2.24. The van der Waals surface area contributed by atoms with Crippen molar-refractivity contribution in [2.24, 2.45) is 5.73 Å². The Balaban J connectivity index is 2.12. The van der Waals surface area contributed by atoms with Crippen molar-refractivity contribution >= 4 is 17.2 Å². The molecule has 3 N–H and O–H groups in total. The quantitative estimate of drug-likeness (QED) is 0.783. The van der Waals surface area contributed by atoms with Crippen LogP contribution >= 0.6 is 11.3 Å². The van der Waals surface area contributed by atoms with E-state index in [-0.39, 0.29) is 11.9 Å². The molecule has 1 saturated heterocycles. The first-order valence-electron chi connectivity index (χ1n) is 6.93. The first-order chi connectivity index (χ1) is 10.0. The number of aliphatic hydroxyl groups excluding tert-OH is 1. The summed E-state index contributed by atoms with van der Waals surface area (Å²) in [5, 5.41) is 9.85. The second-order valence-electron chi connectivity index (χ2n) is 5.43. The van der Waals surface area contributed by atoms with Gasteiger partial charge in [0.05, 0.1) is 22.4 Å². The summed E-state index contributed by atoms with van der Waals surface area (Å²) in [5.41, 5.74) is 5.35. The SMILES string of the molecule is CN(C)CC1CC(O)CN1C(=O)c1ccc(C#CCN)s1. The lowest BCUT2D eigenvalue weighted by molar-refractivity contribution is 0.0704. The highest BCUT2D eigenvalue weighted by Gasteiger charge is 2.35. The molecule has 0 aromatic carbocycles. The van der Waals surface area contributed by atoms with E-state index in [0.29, 0.717) is 24.4 Å². The molecule has 1 amide bonds. The van der Waals surface area contributed by atoms with Gasteiger partial charge in [0.2, 0.25) is 0 Å². The summed E-state index contributed by atoms with van der Waals surface area (Å²) in [4.78, 5) is 17.9. The highest BCUT2D eigenvalue weighted by atomic mass is 32.1. The number of hydrogen-bond donors (Lipinski definition) is 2. The maximum atomic E-state index is 12.6. The number of amides is 1. The molecule has 0 spiro atoms. The van der Waals surface area contributed by atoms with Crippen molar-refractivity contribution in [2.75, 3.05) is 33.7 Å². The second-order valence-corrected chi connectivity index (χ2v) is 6.52. The lowest BCUT2D eigenvalue weighted by atomic mass is 10.2. The third kappa shape index (κ3) is 4.05. The second kappa shape index (κ2) is 7.05. The number of thiophene rings is 1. The first-order valence-corrected chi connectivity index (χ1v) is 7.75. The monoisotopic (exact) mass is 307 g/mol. The van der Waals surface area contributed by atoms with Crippen molar-refractivity contribution in [3.05, 3.63) is 21.9 Å². The topological polar surface area (TPSA) is 69.8 Å². The van der Waals surface area contributed by atoms with E-state index >= 15 is 0 Å². The molecule has 2 heterocycles. The van der Waals surface area contributed by atoms with Crippen LogP contribution in [0.4, 0.5) is 0 Å². The van der Waals surface area contributed by atoms with Gasteiger partial charge in [-0.3, -0.25) is 4.79 Å². The molecule has 2 atom stereocenters. The Bertz CT molecular complexity index is 559. The number of nitrogens with zero attached hydrogens (tertiary/aromatic N) is 2. The Hall–Kier alpha value is -1.39. The van der Waals surface area contributed by atoms with Crippen LogP contribution < -0.4 is 5.73 Å². The van der Waals surface area contributed by atoms with Crippen LogP contribution in [0.3, 0.4) is 0 Å². The molecule has 0 bridgehead atoms. The van der Waals surface area contributed by atoms with Gasteiger partial charge < -0.3 is 20.6 Å². The average molecular weight is 307 g/mol. The van der Waals surface area contributed by atoms with E-state index in [4.69, 9.17) is 5.73 Å². The van der Waals surface area contributed by atoms with Gasteiger partial charge in [0.1, 0.15) is 0 Å². The van der Waals surface area contributed by atoms with Crippen molar-refractivity contribution in [1.82, 2.24) is 9.80 Å². The van der Waals surface area contributed by atoms with Crippen LogP contribution in [0.15, 0.2) is 12.1 Å². The predicted molar refractivity (Wildman–Crippen MR) is 84.3 cm³/mol. The van der Waals surface area contributed by atoms with Gasteiger partial charge in [0.15, 0.2) is 0 Å². The average Bonchev–Trinajstić information content (AvgIpc) is 3.02. The summed E-state index contributed by atoms with van der Waals surface area (Å²) in [6, 6.07) is 3.70. The van der Waals surface area contributed by atoms with E-state index in [1.165, 1.54) is 11.3 Å². The van der Waals surface area contributed by atoms with Crippen LogP contribution in [0.5, 0.6) is 0 Å². The van der Waals surface area contributed by atoms with Crippen LogP contribution in [0.25, 0.3) is 0 Å². The number of likely N-dealkylation sites (tertiary alicyclic amines) is 1. The van der Waals surface area contributed by atoms with Crippen LogP contribution in [-0.2, 0) is 0 Å². The third-order valence-electron chi connectivity index (χ3n) is 3.36. The molecule has 0 radical (unpaired) electrons. The summed E-state index contributed by atoms with van der Waals surface area (Å²) < 4.78 is 0. The van der Waals surface area contributed by atoms with Crippen molar-refractivity contribution in [1.29, 1.82) is 0 Å². The molecule has 2 rings (SSSR count). The van der Waals surface area contributed by atoms with Crippen molar-refractivity contribution < 1.29 is 9.90 Å². The number of rotatable bonds is 3. The van der Waals surface area contributed by atoms with E-state index in [9.17, 15) is 9.90 Å². The maximum Gasteiger partial charge on any atom is 0.264 e. The summed E-state index contributed by atoms with van der Waals surface area (Å²) in [6.45, 7) is 1.47. The molecule has 2 unspecified atom stereocenters. The number of carbonyl (C=O) groups excluding carboxylic acids is 1. The zero-order valence-electron chi connectivity index (χ0n) is 12.4. The van der Waals surface area contributed by atoms with Crippen LogP contribution in [0, 0.1) is 11.8 Å². The summed E-state index contributed by atoms with van der Waals surface area (Å²) in [6.07, 6.45) is 0.199. The van der Waals surface area contributed by atoms with Gasteiger partial charge in [-0.25, -0.2) is 0 Å². The fraction of sp³-hybridized carbons (Fsp3) is 0.533. The normalized spacial score (nSPS) is 21.5. The maximum absolute atomic E-state index is 12.6. The van der Waals surface area contributed by atoms with Crippen LogP contribution in [-0.4, -0.2) is 66.7 Å². The molecule has 21 heavy (non-hydrogen) atoms. The summed E-state index contributed by atoms with van der Waals surface area (Å²) >= 11 is 1.37. The molecule has 1 aromatic heterocycles. The molecule has 1 aliphatic heterocycles. The van der Waals surface area contributed by atoms with E-state index in [1.807, 2.05) is 25.1 Å². The molecule has 1 aromatic rings. The Morgan fingerprint density at radius 2 is 2.33 bits per heavy atom. The first kappa shape index (κ1) is 16.0. The number of likely N-dealkylation sites (N-methyl/N-ethyl adjacent to an activating group) is 1. The predicted octanol–water partition coefficient (Wildman–Crippen LogP) is 0.195. The van der Waals surface area contributed by atoms with Gasteiger partial charge in [0.25, 0.3) is 5.91 Å². The summed E-state index contributed by atoms with van der Waals surface area (Å²) in [7, 11) is 3.94. The summed E-state index contributed by atoms with van der Waals surface area (Å²) in [5.74, 6) is 5.70. The molecular formula is C15H21N3O2S. The number of carbonyl (C=O) groups is 1. The lowest BCUT2D eigenvalue weighted by Crippen LogP contribution is -2.41. The molecule has 1 aliphatic rings. The number of β-amino-alcohol motifs (C(OH)–C–C–N with tert-alkyl or cyclic N) is 1. The number of nitrogens with two attached hydrogens (primary N) is 1. The van der Waals surface area contributed by atoms with E-state index in [2.05, 4.69) is 11.8 Å². The van der Waals surface area contributed by atoms with Crippen LogP contribution in [0.1, 0.15) is 21.0 Å². The van der Waals surface area contributed by atoms with Crippen molar-refractivity contribution in [3.8, 4) is 11.8 Å². The number of aliphatic hydroxyl groups is 1. The highest BCUT2D eigenvalue weighted by molar-refractivity contribution is 7.14. The molecule has 1 fully saturated rings. The largest absolute Gasteiger partial charge is 0.391 e. The smallest absolute Gasteiger partial charge is 0.264 e. The fourth-order valence-electron chi connectivity index (χ4n) is 2.53. The van der Waals surface area contributed by atoms with Crippen LogP contribution in [0.2, 0.25) is 0 Å². The molecule has 0 saturated carbocycles. The zero-order valence-corrected chi connectivity index (χ0v) is 13.2. The Labute approximate surface area is 129 Å². The van der Waals surface area contributed by atoms with E-state index in [1.54, 1.807) is 11.0 Å². The molecule has 114 valence electrons. The minimum absolute atomic E-state index is 0.0239. The molecular weight excluding hydrogens is 286 g/mol. The Morgan fingerprint density at radius 3 is 3.00 bits per heavy atom. The fourth-order valence-corrected chi connectivity index (χ4v) is 3.37. The minimum atomic E-state index is -0.435. The lowest BCUT2D eigenvalue weighted by Gasteiger charge is -2.26. The zero-order chi connectivity index (χ0) is 15.4. The van der Waals surface area contributed by atoms with Gasteiger partial charge in [-0.2, -0.15) is 0 Å². The molecule has 0 aliphatic carbocycles. The van der Waals surface area contributed by atoms with Crippen molar-refractivity contribution in [2.45, 2.75) is 18.6 Å². The minimum Gasteiger partial charge on any atom is -0.391 e. The Kier molecular flexibility index (Phi) is 5.37. The van der Waals surface area contributed by atoms with Gasteiger partial charge in [0, 0.05) is 19.1 Å². The van der Waals surface area contributed by atoms with Gasteiger partial charge in [-0.05, 0) is 32.6 Å². The van der Waals surface area contributed by atoms with E-state index < -0.39 is 6.10 Å². The van der Waals surface area contributed by atoms with Gasteiger partial charge in [-0.1, -0.05) is 11.8 Å². The van der Waals surface area contributed by atoms with Gasteiger partial charge >= 0.3 is 0 Å². The number of hydrogen-bond acceptors (Lipinski definition) is 5. The van der Waals surface area contributed by atoms with Gasteiger partial charge in [-0.15, -0.1) is 11.3 Å². The Morgan fingerprint density at radius 1 is 1.57 bits per heavy atom.